The van der Waals surface area contributed by atoms with Crippen molar-refractivity contribution in [2.75, 3.05) is 18.4 Å². The second-order valence-electron chi connectivity index (χ2n) is 4.47. The van der Waals surface area contributed by atoms with Crippen LogP contribution >= 0.6 is 58.0 Å². The summed E-state index contributed by atoms with van der Waals surface area (Å²) < 4.78 is 0. The number of aromatic hydroxyl groups is 1. The van der Waals surface area contributed by atoms with Crippen molar-refractivity contribution in [3.05, 3.63) is 54.9 Å². The number of anilines is 1. The molecule has 122 valence electrons. The van der Waals surface area contributed by atoms with Gasteiger partial charge in [0.15, 0.2) is 0 Å². The molecule has 8 heteroatoms. The maximum Gasteiger partial charge on any atom is 0.124 e. The van der Waals surface area contributed by atoms with Crippen LogP contribution in [0, 0.1) is 0 Å². The van der Waals surface area contributed by atoms with E-state index in [0.29, 0.717) is 24.3 Å². The Kier molecular flexibility index (Phi) is 6.69. The molecule has 0 radical (unpaired) electrons. The van der Waals surface area contributed by atoms with E-state index in [1.807, 2.05) is 6.07 Å². The molecule has 0 aromatic heterocycles. The highest BCUT2D eigenvalue weighted by Gasteiger charge is 2.18. The number of nitrogens with one attached hydrogen (secondary N) is 1. The number of benzene rings is 2. The van der Waals surface area contributed by atoms with Crippen molar-refractivity contribution in [3.63, 3.8) is 0 Å². The highest BCUT2D eigenvalue weighted by atomic mass is 35.5. The van der Waals surface area contributed by atoms with Crippen LogP contribution in [-0.2, 0) is 0 Å². The van der Waals surface area contributed by atoms with E-state index in [1.54, 1.807) is 24.4 Å². The number of halogens is 5. The highest BCUT2D eigenvalue weighted by molar-refractivity contribution is 6.56. The molecule has 3 nitrogen and oxygen atoms in total. The van der Waals surface area contributed by atoms with E-state index in [2.05, 4.69) is 10.3 Å². The lowest BCUT2D eigenvalue weighted by Gasteiger charge is -2.13. The summed E-state index contributed by atoms with van der Waals surface area (Å²) in [5.41, 5.74) is 1.05. The van der Waals surface area contributed by atoms with Gasteiger partial charge in [0.2, 0.25) is 0 Å². The average Bonchev–Trinajstić information content (AvgIpc) is 2.55. The van der Waals surface area contributed by atoms with Crippen LogP contribution in [0.25, 0.3) is 0 Å². The third kappa shape index (κ3) is 4.37. The molecule has 0 saturated heterocycles. The Morgan fingerprint density at radius 1 is 0.913 bits per heavy atom. The highest BCUT2D eigenvalue weighted by Crippen LogP contribution is 2.46. The zero-order valence-corrected chi connectivity index (χ0v) is 15.4. The number of nitrogens with zero attached hydrogens (tertiary/aromatic N) is 1. The smallest absolute Gasteiger partial charge is 0.124 e. The van der Waals surface area contributed by atoms with Crippen molar-refractivity contribution >= 4 is 69.9 Å². The minimum Gasteiger partial charge on any atom is -0.507 e. The molecule has 0 aliphatic rings. The van der Waals surface area contributed by atoms with Crippen LogP contribution in [0.3, 0.4) is 0 Å². The molecule has 2 aromatic carbocycles. The van der Waals surface area contributed by atoms with Crippen LogP contribution in [0.15, 0.2) is 29.3 Å². The number of hydrogen-bond donors (Lipinski definition) is 2. The van der Waals surface area contributed by atoms with Gasteiger partial charge in [-0.25, -0.2) is 0 Å². The largest absolute Gasteiger partial charge is 0.507 e. The van der Waals surface area contributed by atoms with Gasteiger partial charge in [-0.15, -0.1) is 0 Å². The molecule has 0 heterocycles. The van der Waals surface area contributed by atoms with Gasteiger partial charge in [0.1, 0.15) is 5.75 Å². The van der Waals surface area contributed by atoms with Gasteiger partial charge in [-0.1, -0.05) is 70.1 Å². The minimum atomic E-state index is 0.117. The monoisotopic (exact) mass is 410 g/mol. The summed E-state index contributed by atoms with van der Waals surface area (Å²) in [5, 5.41) is 13.5. The van der Waals surface area contributed by atoms with Crippen LogP contribution in [-0.4, -0.2) is 24.4 Å². The van der Waals surface area contributed by atoms with Gasteiger partial charge in [-0.3, -0.25) is 4.99 Å². The molecule has 0 bridgehead atoms. The van der Waals surface area contributed by atoms with Crippen molar-refractivity contribution in [1.29, 1.82) is 0 Å². The lowest BCUT2D eigenvalue weighted by molar-refractivity contribution is 0.474. The minimum absolute atomic E-state index is 0.117. The van der Waals surface area contributed by atoms with Gasteiger partial charge in [0.25, 0.3) is 0 Å². The Morgan fingerprint density at radius 2 is 1.48 bits per heavy atom. The van der Waals surface area contributed by atoms with Gasteiger partial charge >= 0.3 is 0 Å². The molecule has 0 aliphatic heterocycles. The molecule has 0 spiro atoms. The van der Waals surface area contributed by atoms with Gasteiger partial charge < -0.3 is 10.4 Å². The predicted molar refractivity (Wildman–Crippen MR) is 101 cm³/mol. The molecule has 23 heavy (non-hydrogen) atoms. The molecular formula is C15H11Cl5N2O. The Labute approximate surface area is 158 Å². The van der Waals surface area contributed by atoms with E-state index in [4.69, 9.17) is 58.0 Å². The SMILES string of the molecule is Oc1ccccc1C=NCCNc1c(Cl)c(Cl)c(Cl)c(Cl)c1Cl. The van der Waals surface area contributed by atoms with E-state index in [0.717, 1.165) is 0 Å². The summed E-state index contributed by atoms with van der Waals surface area (Å²) in [6, 6.07) is 6.92. The van der Waals surface area contributed by atoms with Crippen molar-refractivity contribution in [1.82, 2.24) is 0 Å². The Bertz CT molecular complexity index is 720. The van der Waals surface area contributed by atoms with E-state index >= 15 is 0 Å². The molecule has 0 aliphatic carbocycles. The van der Waals surface area contributed by atoms with E-state index in [1.165, 1.54) is 0 Å². The zero-order chi connectivity index (χ0) is 17.0. The van der Waals surface area contributed by atoms with Crippen LogP contribution in [0.1, 0.15) is 5.56 Å². The molecule has 0 unspecified atom stereocenters. The second-order valence-corrected chi connectivity index (χ2v) is 6.36. The fourth-order valence-corrected chi connectivity index (χ4v) is 3.04. The molecule has 2 rings (SSSR count). The standard InChI is InChI=1S/C15H11Cl5N2O/c16-10-11(17)13(19)15(14(20)12(10)18)22-6-5-21-7-8-3-1-2-4-9(8)23/h1-4,7,22-23H,5-6H2. The van der Waals surface area contributed by atoms with Crippen molar-refractivity contribution in [3.8, 4) is 5.75 Å². The molecule has 2 aromatic rings. The van der Waals surface area contributed by atoms with Crippen molar-refractivity contribution in [2.24, 2.45) is 4.99 Å². The topological polar surface area (TPSA) is 44.6 Å². The number of hydrogen-bond acceptors (Lipinski definition) is 3. The van der Waals surface area contributed by atoms with Gasteiger partial charge in [0, 0.05) is 18.3 Å². The molecule has 0 saturated carbocycles. The van der Waals surface area contributed by atoms with E-state index in [9.17, 15) is 5.11 Å². The average molecular weight is 413 g/mol. The van der Waals surface area contributed by atoms with Crippen molar-refractivity contribution < 1.29 is 5.11 Å². The first-order valence-electron chi connectivity index (χ1n) is 6.46. The fraction of sp³-hybridized carbons (Fsp3) is 0.133. The van der Waals surface area contributed by atoms with Gasteiger partial charge in [-0.05, 0) is 12.1 Å². The van der Waals surface area contributed by atoms with Crippen LogP contribution < -0.4 is 5.32 Å². The maximum absolute atomic E-state index is 9.62. The summed E-state index contributed by atoms with van der Waals surface area (Å²) in [5.74, 6) is 0.173. The lowest BCUT2D eigenvalue weighted by atomic mass is 10.2. The summed E-state index contributed by atoms with van der Waals surface area (Å²) in [6.45, 7) is 0.872. The third-order valence-corrected chi connectivity index (χ3v) is 5.20. The fourth-order valence-electron chi connectivity index (χ4n) is 1.77. The quantitative estimate of drug-likeness (QED) is 0.266. The van der Waals surface area contributed by atoms with Gasteiger partial charge in [-0.2, -0.15) is 0 Å². The first kappa shape index (κ1) is 18.5. The normalized spacial score (nSPS) is 11.2. The molecule has 0 amide bonds. The summed E-state index contributed by atoms with van der Waals surface area (Å²) in [7, 11) is 0. The Balaban J connectivity index is 2.01. The first-order chi connectivity index (χ1) is 10.9. The lowest BCUT2D eigenvalue weighted by Crippen LogP contribution is -2.06. The molecule has 0 atom stereocenters. The predicted octanol–water partition coefficient (Wildman–Crippen LogP) is 6.19. The summed E-state index contributed by atoms with van der Waals surface area (Å²) in [4.78, 5) is 4.21. The number of rotatable bonds is 5. The number of phenols is 1. The first-order valence-corrected chi connectivity index (χ1v) is 8.35. The van der Waals surface area contributed by atoms with Crippen LogP contribution in [0.2, 0.25) is 25.1 Å². The molecule has 2 N–H and O–H groups in total. The summed E-state index contributed by atoms with van der Waals surface area (Å²) >= 11 is 30.1. The van der Waals surface area contributed by atoms with Crippen LogP contribution in [0.5, 0.6) is 5.75 Å². The second kappa shape index (κ2) is 8.32. The Hall–Kier alpha value is -0.840. The van der Waals surface area contributed by atoms with E-state index in [-0.39, 0.29) is 30.9 Å². The van der Waals surface area contributed by atoms with Crippen molar-refractivity contribution in [2.45, 2.75) is 0 Å². The zero-order valence-electron chi connectivity index (χ0n) is 11.6. The number of phenolic OH excluding ortho intramolecular Hbond substituents is 1. The van der Waals surface area contributed by atoms with Crippen LogP contribution in [0.4, 0.5) is 5.69 Å². The molecular weight excluding hydrogens is 401 g/mol. The van der Waals surface area contributed by atoms with Gasteiger partial charge in [0.05, 0.1) is 37.3 Å². The Morgan fingerprint density at radius 3 is 2.09 bits per heavy atom. The third-order valence-electron chi connectivity index (χ3n) is 2.92. The van der Waals surface area contributed by atoms with E-state index < -0.39 is 0 Å². The molecule has 0 fully saturated rings. The number of para-hydroxylation sites is 1. The maximum atomic E-state index is 9.62. The number of aliphatic imine (C=N–C) groups is 1. The summed E-state index contributed by atoms with van der Waals surface area (Å²) in [6.07, 6.45) is 1.59.